The van der Waals surface area contributed by atoms with Gasteiger partial charge in [-0.3, -0.25) is 0 Å². The van der Waals surface area contributed by atoms with Crippen molar-refractivity contribution < 1.29 is 0 Å². The molecular formula is C15H25NS. The summed E-state index contributed by atoms with van der Waals surface area (Å²) in [6.45, 7) is 6.77. The van der Waals surface area contributed by atoms with Crippen LogP contribution in [0.25, 0.3) is 0 Å². The molecule has 1 heterocycles. The van der Waals surface area contributed by atoms with Crippen LogP contribution in [0.2, 0.25) is 0 Å². The van der Waals surface area contributed by atoms with Gasteiger partial charge in [0.2, 0.25) is 0 Å². The summed E-state index contributed by atoms with van der Waals surface area (Å²) in [6.07, 6.45) is 8.42. The molecule has 1 aromatic heterocycles. The molecular weight excluding hydrogens is 226 g/mol. The number of nitrogens with one attached hydrogen (secondary N) is 1. The fourth-order valence-electron chi connectivity index (χ4n) is 2.97. The van der Waals surface area contributed by atoms with Gasteiger partial charge in [0, 0.05) is 21.8 Å². The highest BCUT2D eigenvalue weighted by Gasteiger charge is 2.17. The summed E-state index contributed by atoms with van der Waals surface area (Å²) in [5, 5.41) is 3.84. The van der Waals surface area contributed by atoms with Crippen LogP contribution in [0.5, 0.6) is 0 Å². The van der Waals surface area contributed by atoms with Crippen molar-refractivity contribution in [3.05, 3.63) is 21.4 Å². The zero-order chi connectivity index (χ0) is 12.3. The molecule has 1 nitrogen and oxygen atoms in total. The highest BCUT2D eigenvalue weighted by molar-refractivity contribution is 7.12. The normalized spacial score (nSPS) is 20.2. The van der Waals surface area contributed by atoms with Crippen molar-refractivity contribution in [3.8, 4) is 0 Å². The van der Waals surface area contributed by atoms with E-state index in [1.165, 1.54) is 53.8 Å². The summed E-state index contributed by atoms with van der Waals surface area (Å²) >= 11 is 1.92. The van der Waals surface area contributed by atoms with Gasteiger partial charge in [-0.1, -0.05) is 25.7 Å². The number of aryl methyl sites for hydroxylation is 2. The molecule has 1 aliphatic rings. The molecule has 0 saturated heterocycles. The number of hydrogen-bond donors (Lipinski definition) is 1. The Hall–Kier alpha value is -0.340. The van der Waals surface area contributed by atoms with Crippen LogP contribution in [0.4, 0.5) is 0 Å². The predicted molar refractivity (Wildman–Crippen MR) is 76.8 cm³/mol. The van der Waals surface area contributed by atoms with Crippen LogP contribution in [0.15, 0.2) is 6.07 Å². The molecule has 1 unspecified atom stereocenters. The van der Waals surface area contributed by atoms with E-state index in [-0.39, 0.29) is 0 Å². The van der Waals surface area contributed by atoms with E-state index in [0.717, 1.165) is 6.04 Å². The first-order valence-electron chi connectivity index (χ1n) is 7.00. The topological polar surface area (TPSA) is 12.0 Å². The SMILES string of the molecule is Cc1cc(C(C)NC2CCCCCC2)c(C)s1. The Labute approximate surface area is 110 Å². The van der Waals surface area contributed by atoms with Gasteiger partial charge in [-0.25, -0.2) is 0 Å². The van der Waals surface area contributed by atoms with Crippen LogP contribution in [-0.2, 0) is 0 Å². The van der Waals surface area contributed by atoms with Crippen LogP contribution in [0.3, 0.4) is 0 Å². The fraction of sp³-hybridized carbons (Fsp3) is 0.733. The largest absolute Gasteiger partial charge is 0.307 e. The second-order valence-corrected chi connectivity index (χ2v) is 6.91. The van der Waals surface area contributed by atoms with Gasteiger partial charge >= 0.3 is 0 Å². The van der Waals surface area contributed by atoms with Crippen molar-refractivity contribution in [1.29, 1.82) is 0 Å². The Balaban J connectivity index is 1.95. The molecule has 1 fully saturated rings. The third-order valence-electron chi connectivity index (χ3n) is 3.89. The average Bonchev–Trinajstić information content (AvgIpc) is 2.51. The van der Waals surface area contributed by atoms with Crippen LogP contribution in [0, 0.1) is 13.8 Å². The van der Waals surface area contributed by atoms with E-state index >= 15 is 0 Å². The molecule has 1 aromatic rings. The number of hydrogen-bond acceptors (Lipinski definition) is 2. The Bertz CT molecular complexity index is 348. The van der Waals surface area contributed by atoms with Gasteiger partial charge in [0.05, 0.1) is 0 Å². The quantitative estimate of drug-likeness (QED) is 0.765. The number of rotatable bonds is 3. The summed E-state index contributed by atoms with van der Waals surface area (Å²) in [5.41, 5.74) is 1.51. The molecule has 0 aliphatic heterocycles. The standard InChI is InChI=1S/C15H25NS/c1-11-10-15(13(3)17-11)12(2)16-14-8-6-4-5-7-9-14/h10,12,14,16H,4-9H2,1-3H3. The van der Waals surface area contributed by atoms with Crippen molar-refractivity contribution in [3.63, 3.8) is 0 Å². The minimum Gasteiger partial charge on any atom is -0.307 e. The lowest BCUT2D eigenvalue weighted by molar-refractivity contribution is 0.414. The molecule has 17 heavy (non-hydrogen) atoms. The summed E-state index contributed by atoms with van der Waals surface area (Å²) in [5.74, 6) is 0. The van der Waals surface area contributed by atoms with Gasteiger partial charge in [0.15, 0.2) is 0 Å². The van der Waals surface area contributed by atoms with Crippen molar-refractivity contribution in [1.82, 2.24) is 5.32 Å². The monoisotopic (exact) mass is 251 g/mol. The first-order chi connectivity index (χ1) is 8.16. The maximum Gasteiger partial charge on any atom is 0.0305 e. The third kappa shape index (κ3) is 3.56. The minimum atomic E-state index is 0.517. The van der Waals surface area contributed by atoms with E-state index in [2.05, 4.69) is 32.2 Å². The van der Waals surface area contributed by atoms with E-state index < -0.39 is 0 Å². The molecule has 1 atom stereocenters. The fourth-order valence-corrected chi connectivity index (χ4v) is 3.99. The van der Waals surface area contributed by atoms with Gasteiger partial charge < -0.3 is 5.32 Å². The van der Waals surface area contributed by atoms with Gasteiger partial charge in [-0.05, 0) is 45.2 Å². The van der Waals surface area contributed by atoms with Crippen molar-refractivity contribution in [2.24, 2.45) is 0 Å². The van der Waals surface area contributed by atoms with E-state index in [1.54, 1.807) is 0 Å². The third-order valence-corrected chi connectivity index (χ3v) is 4.87. The van der Waals surface area contributed by atoms with Crippen molar-refractivity contribution in [2.45, 2.75) is 71.4 Å². The average molecular weight is 251 g/mol. The summed E-state index contributed by atoms with van der Waals surface area (Å²) in [7, 11) is 0. The van der Waals surface area contributed by atoms with Crippen LogP contribution >= 0.6 is 11.3 Å². The lowest BCUT2D eigenvalue weighted by atomic mass is 10.0. The number of thiophene rings is 1. The molecule has 0 aromatic carbocycles. The van der Waals surface area contributed by atoms with Gasteiger partial charge in [0.1, 0.15) is 0 Å². The first-order valence-corrected chi connectivity index (χ1v) is 7.81. The van der Waals surface area contributed by atoms with Crippen molar-refractivity contribution in [2.75, 3.05) is 0 Å². The van der Waals surface area contributed by atoms with Gasteiger partial charge in [-0.15, -0.1) is 11.3 Å². The van der Waals surface area contributed by atoms with E-state index in [9.17, 15) is 0 Å². The lowest BCUT2D eigenvalue weighted by Gasteiger charge is -2.22. The maximum atomic E-state index is 3.84. The molecule has 96 valence electrons. The second-order valence-electron chi connectivity index (χ2n) is 5.45. The van der Waals surface area contributed by atoms with Crippen LogP contribution in [-0.4, -0.2) is 6.04 Å². The highest BCUT2D eigenvalue weighted by atomic mass is 32.1. The molecule has 2 heteroatoms. The van der Waals surface area contributed by atoms with Gasteiger partial charge in [0.25, 0.3) is 0 Å². The van der Waals surface area contributed by atoms with E-state index in [4.69, 9.17) is 0 Å². The molecule has 0 bridgehead atoms. The Morgan fingerprint density at radius 1 is 1.18 bits per heavy atom. The summed E-state index contributed by atoms with van der Waals surface area (Å²) in [4.78, 5) is 2.92. The lowest BCUT2D eigenvalue weighted by Crippen LogP contribution is -2.31. The van der Waals surface area contributed by atoms with Crippen molar-refractivity contribution >= 4 is 11.3 Å². The Morgan fingerprint density at radius 2 is 1.82 bits per heavy atom. The molecule has 0 amide bonds. The molecule has 0 radical (unpaired) electrons. The van der Waals surface area contributed by atoms with Gasteiger partial charge in [-0.2, -0.15) is 0 Å². The summed E-state index contributed by atoms with van der Waals surface area (Å²) < 4.78 is 0. The Kier molecular flexibility index (Phi) is 4.63. The second kappa shape index (κ2) is 6.01. The molecule has 0 spiro atoms. The zero-order valence-corrected chi connectivity index (χ0v) is 12.2. The molecule has 1 aliphatic carbocycles. The van der Waals surface area contributed by atoms with Crippen LogP contribution < -0.4 is 5.32 Å². The first kappa shape index (κ1) is 13.1. The predicted octanol–water partition coefficient (Wildman–Crippen LogP) is 4.74. The van der Waals surface area contributed by atoms with E-state index in [1.807, 2.05) is 11.3 Å². The summed E-state index contributed by atoms with van der Waals surface area (Å²) in [6, 6.07) is 3.61. The smallest absolute Gasteiger partial charge is 0.0305 e. The minimum absolute atomic E-state index is 0.517. The zero-order valence-electron chi connectivity index (χ0n) is 11.4. The highest BCUT2D eigenvalue weighted by Crippen LogP contribution is 2.27. The maximum absolute atomic E-state index is 3.84. The molecule has 1 N–H and O–H groups in total. The van der Waals surface area contributed by atoms with Crippen LogP contribution in [0.1, 0.15) is 66.8 Å². The van der Waals surface area contributed by atoms with E-state index in [0.29, 0.717) is 6.04 Å². The Morgan fingerprint density at radius 3 is 2.35 bits per heavy atom. The molecule has 2 rings (SSSR count). The molecule has 1 saturated carbocycles.